The predicted octanol–water partition coefficient (Wildman–Crippen LogP) is 27.2. The SMILES string of the molecule is c1ccc(-c2ccc(-c3cccc(-n4c5ccccc5c5cc6c7c8sc9ccccc9c8ccc7n(-c7ccccc7)c6cc54)c3)cc2)cc1.c1ccc(-c2cccc(-c3ccc(-n4c5ccccc5c5cc6c7c8sc9ccccc9c8ccc7n(-c7ccccc7)c6cc54)cc3)c2)cc1. The van der Waals surface area contributed by atoms with Crippen LogP contribution in [0.3, 0.4) is 0 Å². The van der Waals surface area contributed by atoms with Crippen molar-refractivity contribution in [2.75, 3.05) is 0 Å². The standard InChI is InChI=1S/2C48H30N2S/c1-3-12-31(13-4-1)33-14-11-15-34(28-33)32-22-24-36(25-23-32)49-42-20-9-7-18-37(42)40-29-41-45(30-44(40)49)50(35-16-5-2-6-17-35)43-27-26-39-38-19-8-10-21-46(38)51-48(39)47(41)43;1-3-12-31(13-4-1)32-22-24-33(25-23-32)34-14-11-17-36(28-34)50-42-20-9-7-18-37(42)40-29-41-45(30-44(40)50)49(35-15-5-2-6-16-35)43-27-26-39-38-19-8-10-21-46(38)51-48(39)47(41)43/h2*1-30H. The summed E-state index contributed by atoms with van der Waals surface area (Å²) in [6.07, 6.45) is 0. The molecule has 0 amide bonds. The van der Waals surface area contributed by atoms with Gasteiger partial charge in [-0.1, -0.05) is 249 Å². The summed E-state index contributed by atoms with van der Waals surface area (Å²) in [6.45, 7) is 0. The number of thiophene rings is 2. The monoisotopic (exact) mass is 1330 g/mol. The highest BCUT2D eigenvalue weighted by Crippen LogP contribution is 2.49. The van der Waals surface area contributed by atoms with E-state index in [0.29, 0.717) is 0 Å². The minimum absolute atomic E-state index is 1.15. The Morgan fingerprint density at radius 1 is 0.157 bits per heavy atom. The Hall–Kier alpha value is -12.8. The van der Waals surface area contributed by atoms with E-state index in [2.05, 4.69) is 382 Å². The van der Waals surface area contributed by atoms with Gasteiger partial charge in [0.1, 0.15) is 0 Å². The summed E-state index contributed by atoms with van der Waals surface area (Å²) in [7, 11) is 0. The van der Waals surface area contributed by atoms with Crippen LogP contribution in [0.1, 0.15) is 0 Å². The molecule has 0 unspecified atom stereocenters. The first kappa shape index (κ1) is 58.2. The lowest BCUT2D eigenvalue weighted by Crippen LogP contribution is -1.96. The van der Waals surface area contributed by atoms with E-state index in [1.807, 2.05) is 22.7 Å². The Bertz CT molecular complexity index is 7070. The summed E-state index contributed by atoms with van der Waals surface area (Å²) in [5.74, 6) is 0. The largest absolute Gasteiger partial charge is 0.309 e. The summed E-state index contributed by atoms with van der Waals surface area (Å²) in [5, 5.41) is 15.6. The first-order valence-electron chi connectivity index (χ1n) is 34.9. The lowest BCUT2D eigenvalue weighted by atomic mass is 9.99. The van der Waals surface area contributed by atoms with E-state index in [-0.39, 0.29) is 0 Å². The molecule has 0 fully saturated rings. The number of nitrogens with zero attached hydrogens (tertiary/aromatic N) is 4. The molecular weight excluding hydrogens is 1270 g/mol. The normalized spacial score (nSPS) is 11.9. The number of aromatic nitrogens is 4. The molecule has 22 rings (SSSR count). The maximum atomic E-state index is 2.46. The van der Waals surface area contributed by atoms with Crippen LogP contribution in [0.4, 0.5) is 0 Å². The van der Waals surface area contributed by atoms with E-state index in [4.69, 9.17) is 0 Å². The van der Waals surface area contributed by atoms with Crippen LogP contribution in [-0.4, -0.2) is 18.3 Å². The molecule has 0 N–H and O–H groups in total. The first-order valence-corrected chi connectivity index (χ1v) is 36.5. The van der Waals surface area contributed by atoms with E-state index >= 15 is 0 Å². The maximum absolute atomic E-state index is 2.46. The molecule has 0 atom stereocenters. The van der Waals surface area contributed by atoms with E-state index in [1.54, 1.807) is 0 Å². The van der Waals surface area contributed by atoms with Gasteiger partial charge in [-0.2, -0.15) is 0 Å². The Balaban J connectivity index is 0.000000133. The molecule has 0 radical (unpaired) electrons. The van der Waals surface area contributed by atoms with Gasteiger partial charge in [0.25, 0.3) is 0 Å². The molecule has 0 spiro atoms. The van der Waals surface area contributed by atoms with Crippen LogP contribution in [0, 0.1) is 0 Å². The maximum Gasteiger partial charge on any atom is 0.0562 e. The molecule has 6 heterocycles. The summed E-state index contributed by atoms with van der Waals surface area (Å²) in [4.78, 5) is 0. The molecular formula is C96H60N4S2. The van der Waals surface area contributed by atoms with Gasteiger partial charge in [0.2, 0.25) is 0 Å². The molecule has 0 bridgehead atoms. The molecule has 0 saturated carbocycles. The molecule has 102 heavy (non-hydrogen) atoms. The van der Waals surface area contributed by atoms with Crippen molar-refractivity contribution in [3.05, 3.63) is 364 Å². The lowest BCUT2D eigenvalue weighted by Gasteiger charge is -2.12. The van der Waals surface area contributed by atoms with Gasteiger partial charge in [-0.3, -0.25) is 0 Å². The Morgan fingerprint density at radius 2 is 0.480 bits per heavy atom. The van der Waals surface area contributed by atoms with Crippen molar-refractivity contribution >= 4 is 150 Å². The van der Waals surface area contributed by atoms with E-state index < -0.39 is 0 Å². The zero-order valence-electron chi connectivity index (χ0n) is 55.2. The third-order valence-electron chi connectivity index (χ3n) is 21.0. The van der Waals surface area contributed by atoms with Gasteiger partial charge < -0.3 is 18.3 Å². The summed E-state index contributed by atoms with van der Waals surface area (Å²) in [6, 6.07) is 133. The Labute approximate surface area is 595 Å². The van der Waals surface area contributed by atoms with Gasteiger partial charge >= 0.3 is 0 Å². The van der Waals surface area contributed by atoms with Crippen LogP contribution in [0.2, 0.25) is 0 Å². The fourth-order valence-electron chi connectivity index (χ4n) is 16.4. The number of hydrogen-bond acceptors (Lipinski definition) is 2. The minimum Gasteiger partial charge on any atom is -0.309 e. The van der Waals surface area contributed by atoms with Crippen LogP contribution in [0.15, 0.2) is 364 Å². The highest BCUT2D eigenvalue weighted by molar-refractivity contribution is 7.27. The molecule has 22 aromatic rings. The van der Waals surface area contributed by atoms with Gasteiger partial charge in [-0.05, 0) is 160 Å². The quantitative estimate of drug-likeness (QED) is 0.144. The molecule has 6 aromatic heterocycles. The van der Waals surface area contributed by atoms with E-state index in [9.17, 15) is 0 Å². The van der Waals surface area contributed by atoms with Crippen LogP contribution >= 0.6 is 22.7 Å². The van der Waals surface area contributed by atoms with Crippen molar-refractivity contribution in [3.63, 3.8) is 0 Å². The van der Waals surface area contributed by atoms with Crippen molar-refractivity contribution in [1.82, 2.24) is 18.3 Å². The van der Waals surface area contributed by atoms with Crippen LogP contribution in [0.5, 0.6) is 0 Å². The molecule has 0 saturated heterocycles. The number of fused-ring (bicyclic) bond motifs is 20. The molecule has 0 aliphatic heterocycles. The van der Waals surface area contributed by atoms with E-state index in [0.717, 1.165) is 11.4 Å². The second kappa shape index (κ2) is 23.4. The van der Waals surface area contributed by atoms with Crippen molar-refractivity contribution in [3.8, 4) is 67.3 Å². The number of rotatable bonds is 8. The molecule has 0 aliphatic carbocycles. The number of para-hydroxylation sites is 4. The molecule has 0 aliphatic rings. The topological polar surface area (TPSA) is 19.7 Å². The minimum atomic E-state index is 1.15. The molecule has 476 valence electrons. The predicted molar refractivity (Wildman–Crippen MR) is 438 cm³/mol. The van der Waals surface area contributed by atoms with Gasteiger partial charge in [0.05, 0.1) is 44.1 Å². The third-order valence-corrected chi connectivity index (χ3v) is 23.4. The van der Waals surface area contributed by atoms with Crippen LogP contribution in [-0.2, 0) is 0 Å². The molecule has 16 aromatic carbocycles. The second-order valence-electron chi connectivity index (χ2n) is 26.7. The summed E-state index contributed by atoms with van der Waals surface area (Å²) in [5.41, 5.74) is 24.1. The van der Waals surface area contributed by atoms with Gasteiger partial charge in [0.15, 0.2) is 0 Å². The zero-order chi connectivity index (χ0) is 66.9. The average Bonchev–Trinajstić information content (AvgIpc) is 1.55. The summed E-state index contributed by atoms with van der Waals surface area (Å²) < 4.78 is 15.2. The molecule has 6 heteroatoms. The highest BCUT2D eigenvalue weighted by Gasteiger charge is 2.24. The van der Waals surface area contributed by atoms with Gasteiger partial charge in [-0.15, -0.1) is 22.7 Å². The summed E-state index contributed by atoms with van der Waals surface area (Å²) >= 11 is 3.81. The highest BCUT2D eigenvalue weighted by atomic mass is 32.1. The first-order chi connectivity index (χ1) is 50.6. The van der Waals surface area contributed by atoms with Crippen molar-refractivity contribution < 1.29 is 0 Å². The second-order valence-corrected chi connectivity index (χ2v) is 28.8. The lowest BCUT2D eigenvalue weighted by molar-refractivity contribution is 1.16. The molecule has 4 nitrogen and oxygen atoms in total. The van der Waals surface area contributed by atoms with Gasteiger partial charge in [0, 0.05) is 106 Å². The van der Waals surface area contributed by atoms with Crippen LogP contribution in [0.25, 0.3) is 195 Å². The van der Waals surface area contributed by atoms with Crippen LogP contribution < -0.4 is 0 Å². The fourth-order valence-corrected chi connectivity index (χ4v) is 18.9. The number of hydrogen-bond donors (Lipinski definition) is 0. The zero-order valence-corrected chi connectivity index (χ0v) is 56.9. The van der Waals surface area contributed by atoms with Crippen molar-refractivity contribution in [2.24, 2.45) is 0 Å². The van der Waals surface area contributed by atoms with Gasteiger partial charge in [-0.25, -0.2) is 0 Å². The smallest absolute Gasteiger partial charge is 0.0562 e. The van der Waals surface area contributed by atoms with Crippen molar-refractivity contribution in [1.29, 1.82) is 0 Å². The fraction of sp³-hybridized carbons (Fsp3) is 0. The Morgan fingerprint density at radius 3 is 0.971 bits per heavy atom. The number of benzene rings is 16. The van der Waals surface area contributed by atoms with E-state index in [1.165, 1.54) is 183 Å². The third kappa shape index (κ3) is 9.20. The average molecular weight is 1330 g/mol. The van der Waals surface area contributed by atoms with Crippen molar-refractivity contribution in [2.45, 2.75) is 0 Å². The Kier molecular flexibility index (Phi) is 13.3.